The van der Waals surface area contributed by atoms with E-state index in [1.54, 1.807) is 7.11 Å². The largest absolute Gasteiger partial charge is 0.497 e. The van der Waals surface area contributed by atoms with Gasteiger partial charge in [-0.05, 0) is 30.7 Å². The van der Waals surface area contributed by atoms with Gasteiger partial charge >= 0.3 is 0 Å². The lowest BCUT2D eigenvalue weighted by Gasteiger charge is -2.19. The fourth-order valence-electron chi connectivity index (χ4n) is 1.94. The van der Waals surface area contributed by atoms with E-state index in [0.29, 0.717) is 0 Å². The molecule has 1 aromatic carbocycles. The molecule has 0 radical (unpaired) electrons. The van der Waals surface area contributed by atoms with Crippen molar-refractivity contribution in [1.82, 2.24) is 5.32 Å². The summed E-state index contributed by atoms with van der Waals surface area (Å²) in [6, 6.07) is 8.15. The summed E-state index contributed by atoms with van der Waals surface area (Å²) in [5.74, 6) is 0.886. The Bertz CT molecular complexity index is 324. The average Bonchev–Trinajstić information content (AvgIpc) is 2.47. The third-order valence-corrected chi connectivity index (χ3v) is 3.13. The number of rotatable bonds is 10. The molecule has 0 bridgehead atoms. The Kier molecular flexibility index (Phi) is 8.26. The van der Waals surface area contributed by atoms with Crippen molar-refractivity contribution in [2.75, 3.05) is 26.8 Å². The number of benzene rings is 1. The predicted molar refractivity (Wildman–Crippen MR) is 79.8 cm³/mol. The Morgan fingerprint density at radius 3 is 2.42 bits per heavy atom. The number of nitrogens with one attached hydrogen (secondary N) is 1. The van der Waals surface area contributed by atoms with Crippen molar-refractivity contribution in [3.05, 3.63) is 29.8 Å². The molecular weight excluding hydrogens is 238 g/mol. The summed E-state index contributed by atoms with van der Waals surface area (Å²) in [6.07, 6.45) is 3.72. The first-order valence-electron chi connectivity index (χ1n) is 7.28. The fraction of sp³-hybridized carbons (Fsp3) is 0.625. The van der Waals surface area contributed by atoms with E-state index in [-0.39, 0.29) is 6.10 Å². The molecule has 0 spiro atoms. The topological polar surface area (TPSA) is 30.5 Å². The summed E-state index contributed by atoms with van der Waals surface area (Å²) in [5.41, 5.74) is 1.21. The van der Waals surface area contributed by atoms with Crippen molar-refractivity contribution >= 4 is 0 Å². The van der Waals surface area contributed by atoms with Crippen LogP contribution in [0.3, 0.4) is 0 Å². The third-order valence-electron chi connectivity index (χ3n) is 3.13. The van der Waals surface area contributed by atoms with E-state index < -0.39 is 0 Å². The summed E-state index contributed by atoms with van der Waals surface area (Å²) < 4.78 is 11.2. The van der Waals surface area contributed by atoms with Crippen LogP contribution in [0.2, 0.25) is 0 Å². The molecule has 3 heteroatoms. The highest BCUT2D eigenvalue weighted by Crippen LogP contribution is 2.20. The van der Waals surface area contributed by atoms with Gasteiger partial charge in [-0.15, -0.1) is 0 Å². The van der Waals surface area contributed by atoms with Crippen molar-refractivity contribution < 1.29 is 9.47 Å². The van der Waals surface area contributed by atoms with Gasteiger partial charge in [0.1, 0.15) is 5.75 Å². The van der Waals surface area contributed by atoms with Gasteiger partial charge in [0.05, 0.1) is 13.2 Å². The molecule has 0 saturated heterocycles. The van der Waals surface area contributed by atoms with Crippen LogP contribution in [-0.4, -0.2) is 26.8 Å². The molecule has 0 aromatic heterocycles. The predicted octanol–water partition coefficient (Wildman–Crippen LogP) is 3.55. The maximum Gasteiger partial charge on any atom is 0.118 e. The standard InChI is InChI=1S/C16H27NO2/c1-4-6-7-12-19-16(13-17-5-2)14-8-10-15(18-3)11-9-14/h8-11,16-17H,4-7,12-13H2,1-3H3. The van der Waals surface area contributed by atoms with E-state index in [4.69, 9.17) is 9.47 Å². The van der Waals surface area contributed by atoms with Gasteiger partial charge in [-0.2, -0.15) is 0 Å². The van der Waals surface area contributed by atoms with Crippen LogP contribution in [0.4, 0.5) is 0 Å². The quantitative estimate of drug-likeness (QED) is 0.656. The van der Waals surface area contributed by atoms with E-state index in [0.717, 1.165) is 31.9 Å². The maximum absolute atomic E-state index is 6.00. The molecule has 1 aromatic rings. The van der Waals surface area contributed by atoms with Gasteiger partial charge < -0.3 is 14.8 Å². The van der Waals surface area contributed by atoms with Crippen LogP contribution in [0.15, 0.2) is 24.3 Å². The zero-order valence-corrected chi connectivity index (χ0v) is 12.4. The van der Waals surface area contributed by atoms with Gasteiger partial charge in [0.2, 0.25) is 0 Å². The van der Waals surface area contributed by atoms with Crippen molar-refractivity contribution in [2.24, 2.45) is 0 Å². The summed E-state index contributed by atoms with van der Waals surface area (Å²) >= 11 is 0. The van der Waals surface area contributed by atoms with E-state index in [1.165, 1.54) is 18.4 Å². The fourth-order valence-corrected chi connectivity index (χ4v) is 1.94. The molecule has 0 fully saturated rings. The molecule has 19 heavy (non-hydrogen) atoms. The second-order valence-electron chi connectivity index (χ2n) is 4.65. The minimum absolute atomic E-state index is 0.128. The molecule has 3 nitrogen and oxygen atoms in total. The Morgan fingerprint density at radius 1 is 1.11 bits per heavy atom. The SMILES string of the molecule is CCCCCOC(CNCC)c1ccc(OC)cc1. The highest BCUT2D eigenvalue weighted by atomic mass is 16.5. The molecule has 0 amide bonds. The Labute approximate surface area is 117 Å². The number of hydrogen-bond acceptors (Lipinski definition) is 3. The Hall–Kier alpha value is -1.06. The van der Waals surface area contributed by atoms with E-state index in [9.17, 15) is 0 Å². The molecule has 0 aliphatic heterocycles. The third kappa shape index (κ3) is 6.08. The van der Waals surface area contributed by atoms with Gasteiger partial charge in [0.25, 0.3) is 0 Å². The van der Waals surface area contributed by atoms with Gasteiger partial charge in [0, 0.05) is 13.2 Å². The first-order valence-corrected chi connectivity index (χ1v) is 7.28. The molecule has 0 aliphatic carbocycles. The maximum atomic E-state index is 6.00. The van der Waals surface area contributed by atoms with Crippen LogP contribution >= 0.6 is 0 Å². The van der Waals surface area contributed by atoms with Crippen LogP contribution in [0.1, 0.15) is 44.8 Å². The molecule has 0 aliphatic rings. The van der Waals surface area contributed by atoms with Gasteiger partial charge in [-0.25, -0.2) is 0 Å². The average molecular weight is 265 g/mol. The van der Waals surface area contributed by atoms with E-state index in [1.807, 2.05) is 12.1 Å². The van der Waals surface area contributed by atoms with Gasteiger partial charge in [-0.1, -0.05) is 38.8 Å². The molecule has 1 atom stereocenters. The summed E-state index contributed by atoms with van der Waals surface area (Å²) in [4.78, 5) is 0. The lowest BCUT2D eigenvalue weighted by molar-refractivity contribution is 0.0503. The number of unbranched alkanes of at least 4 members (excludes halogenated alkanes) is 2. The molecule has 1 rings (SSSR count). The molecule has 0 saturated carbocycles. The summed E-state index contributed by atoms with van der Waals surface area (Å²) in [5, 5.41) is 3.36. The smallest absolute Gasteiger partial charge is 0.118 e. The first-order chi connectivity index (χ1) is 9.31. The zero-order chi connectivity index (χ0) is 13.9. The van der Waals surface area contributed by atoms with Crippen LogP contribution in [0.25, 0.3) is 0 Å². The summed E-state index contributed by atoms with van der Waals surface area (Å²) in [6.45, 7) is 6.97. The minimum Gasteiger partial charge on any atom is -0.497 e. The van der Waals surface area contributed by atoms with E-state index >= 15 is 0 Å². The number of hydrogen-bond donors (Lipinski definition) is 1. The second-order valence-corrected chi connectivity index (χ2v) is 4.65. The second kappa shape index (κ2) is 9.82. The monoisotopic (exact) mass is 265 g/mol. The molecule has 1 N–H and O–H groups in total. The zero-order valence-electron chi connectivity index (χ0n) is 12.4. The highest BCUT2D eigenvalue weighted by molar-refractivity contribution is 5.28. The van der Waals surface area contributed by atoms with Crippen molar-refractivity contribution in [1.29, 1.82) is 0 Å². The van der Waals surface area contributed by atoms with Crippen LogP contribution in [0, 0.1) is 0 Å². The normalized spacial score (nSPS) is 12.4. The van der Waals surface area contributed by atoms with Crippen molar-refractivity contribution in [3.63, 3.8) is 0 Å². The van der Waals surface area contributed by atoms with E-state index in [2.05, 4.69) is 31.3 Å². The molecule has 1 unspecified atom stereocenters. The van der Waals surface area contributed by atoms with Gasteiger partial charge in [0.15, 0.2) is 0 Å². The van der Waals surface area contributed by atoms with Crippen LogP contribution < -0.4 is 10.1 Å². The van der Waals surface area contributed by atoms with Gasteiger partial charge in [-0.3, -0.25) is 0 Å². The molecular formula is C16H27NO2. The number of methoxy groups -OCH3 is 1. The Morgan fingerprint density at radius 2 is 1.84 bits per heavy atom. The van der Waals surface area contributed by atoms with Crippen LogP contribution in [-0.2, 0) is 4.74 Å². The molecule has 108 valence electrons. The highest BCUT2D eigenvalue weighted by Gasteiger charge is 2.11. The van der Waals surface area contributed by atoms with Crippen LogP contribution in [0.5, 0.6) is 5.75 Å². The first kappa shape index (κ1) is 16.0. The van der Waals surface area contributed by atoms with Crippen molar-refractivity contribution in [2.45, 2.75) is 39.2 Å². The number of ether oxygens (including phenoxy) is 2. The van der Waals surface area contributed by atoms with Crippen molar-refractivity contribution in [3.8, 4) is 5.75 Å². The number of likely N-dealkylation sites (N-methyl/N-ethyl adjacent to an activating group) is 1. The lowest BCUT2D eigenvalue weighted by Crippen LogP contribution is -2.23. The Balaban J connectivity index is 2.55. The minimum atomic E-state index is 0.128. The lowest BCUT2D eigenvalue weighted by atomic mass is 10.1. The summed E-state index contributed by atoms with van der Waals surface area (Å²) in [7, 11) is 1.69. The molecule has 0 heterocycles.